The number of benzene rings is 1. The molecule has 0 bridgehead atoms. The molecule has 2 rings (SSSR count). The van der Waals surface area contributed by atoms with E-state index in [0.717, 1.165) is 12.3 Å². The van der Waals surface area contributed by atoms with E-state index < -0.39 is 21.7 Å². The molecule has 21 heavy (non-hydrogen) atoms. The molecule has 0 saturated heterocycles. The quantitative estimate of drug-likeness (QED) is 0.764. The number of H-pyrrole nitrogens is 1. The molecule has 2 aromatic rings. The second-order valence-corrected chi connectivity index (χ2v) is 6.24. The number of anilines is 1. The van der Waals surface area contributed by atoms with Crippen molar-refractivity contribution in [2.45, 2.75) is 4.90 Å². The zero-order valence-electron chi connectivity index (χ0n) is 10.8. The number of carboxylic acids is 1. The van der Waals surface area contributed by atoms with Gasteiger partial charge in [-0.1, -0.05) is 6.07 Å². The normalized spacial score (nSPS) is 11.1. The predicted octanol–water partition coefficient (Wildman–Crippen LogP) is 0.764. The summed E-state index contributed by atoms with van der Waals surface area (Å²) < 4.78 is 22.9. The topological polar surface area (TPSA) is 129 Å². The SMILES string of the molecule is CS(=O)(=O)c1cccc(C(=O)Nc2cc(C(=O)O)[nH]n2)c1. The lowest BCUT2D eigenvalue weighted by Crippen LogP contribution is -2.13. The molecule has 0 fully saturated rings. The van der Waals surface area contributed by atoms with Crippen molar-refractivity contribution in [3.63, 3.8) is 0 Å². The van der Waals surface area contributed by atoms with Crippen LogP contribution in [0.4, 0.5) is 5.82 Å². The molecular weight excluding hydrogens is 298 g/mol. The molecular formula is C12H11N3O5S. The van der Waals surface area contributed by atoms with Crippen molar-refractivity contribution in [3.8, 4) is 0 Å². The number of carbonyl (C=O) groups excluding carboxylic acids is 1. The van der Waals surface area contributed by atoms with Crippen LogP contribution in [0.1, 0.15) is 20.8 Å². The maximum absolute atomic E-state index is 12.0. The fourth-order valence-electron chi connectivity index (χ4n) is 1.55. The maximum atomic E-state index is 12.0. The van der Waals surface area contributed by atoms with E-state index in [2.05, 4.69) is 15.5 Å². The Labute approximate surface area is 119 Å². The minimum absolute atomic E-state index is 0.0170. The van der Waals surface area contributed by atoms with E-state index in [0.29, 0.717) is 0 Å². The minimum Gasteiger partial charge on any atom is -0.477 e. The second kappa shape index (κ2) is 5.37. The predicted molar refractivity (Wildman–Crippen MR) is 73.1 cm³/mol. The van der Waals surface area contributed by atoms with Crippen LogP contribution in [0.3, 0.4) is 0 Å². The summed E-state index contributed by atoms with van der Waals surface area (Å²) >= 11 is 0. The highest BCUT2D eigenvalue weighted by molar-refractivity contribution is 7.90. The Kier molecular flexibility index (Phi) is 3.76. The molecule has 0 saturated carbocycles. The number of rotatable bonds is 4. The third-order valence-corrected chi connectivity index (χ3v) is 3.68. The summed E-state index contributed by atoms with van der Waals surface area (Å²) in [7, 11) is -3.42. The molecule has 1 aromatic carbocycles. The third-order valence-electron chi connectivity index (χ3n) is 2.57. The first kappa shape index (κ1) is 14.7. The standard InChI is InChI=1S/C12H11N3O5S/c1-21(19,20)8-4-2-3-7(5-8)11(16)13-10-6-9(12(17)18)14-15-10/h2-6H,1H3,(H,17,18)(H2,13,14,15,16). The van der Waals surface area contributed by atoms with Gasteiger partial charge in [0.1, 0.15) is 5.69 Å². The van der Waals surface area contributed by atoms with Gasteiger partial charge in [-0.3, -0.25) is 9.89 Å². The number of nitrogens with one attached hydrogen (secondary N) is 2. The first-order valence-corrected chi connectivity index (χ1v) is 7.56. The first-order valence-electron chi connectivity index (χ1n) is 5.67. The number of sulfone groups is 1. The molecule has 8 nitrogen and oxygen atoms in total. The molecule has 1 amide bonds. The Balaban J connectivity index is 2.22. The summed E-state index contributed by atoms with van der Waals surface area (Å²) in [4.78, 5) is 22.7. The van der Waals surface area contributed by atoms with Gasteiger partial charge in [-0.2, -0.15) is 5.10 Å². The van der Waals surface area contributed by atoms with Gasteiger partial charge >= 0.3 is 5.97 Å². The molecule has 0 spiro atoms. The Hall–Kier alpha value is -2.68. The Bertz CT molecular complexity index is 810. The third kappa shape index (κ3) is 3.45. The summed E-state index contributed by atoms with van der Waals surface area (Å²) in [6, 6.07) is 6.65. The lowest BCUT2D eigenvalue weighted by atomic mass is 10.2. The number of aromatic nitrogens is 2. The van der Waals surface area contributed by atoms with E-state index in [4.69, 9.17) is 5.11 Å². The molecule has 0 unspecified atom stereocenters. The molecule has 0 radical (unpaired) electrons. The van der Waals surface area contributed by atoms with Crippen LogP contribution in [0.5, 0.6) is 0 Å². The van der Waals surface area contributed by atoms with Gasteiger partial charge in [0.25, 0.3) is 5.91 Å². The zero-order valence-corrected chi connectivity index (χ0v) is 11.6. The number of carboxylic acid groups (broad SMARTS) is 1. The van der Waals surface area contributed by atoms with E-state index in [1.807, 2.05) is 0 Å². The van der Waals surface area contributed by atoms with Crippen LogP contribution in [-0.4, -0.2) is 41.9 Å². The summed E-state index contributed by atoms with van der Waals surface area (Å²) in [5.74, 6) is -1.77. The lowest BCUT2D eigenvalue weighted by molar-refractivity contribution is 0.0690. The molecule has 0 atom stereocenters. The van der Waals surface area contributed by atoms with Crippen molar-refractivity contribution in [3.05, 3.63) is 41.6 Å². The van der Waals surface area contributed by atoms with E-state index in [9.17, 15) is 18.0 Å². The summed E-state index contributed by atoms with van der Waals surface area (Å²) in [5.41, 5.74) is -0.0482. The van der Waals surface area contributed by atoms with Crippen LogP contribution >= 0.6 is 0 Å². The van der Waals surface area contributed by atoms with Gasteiger partial charge in [0.2, 0.25) is 0 Å². The molecule has 9 heteroatoms. The number of aromatic carboxylic acids is 1. The van der Waals surface area contributed by atoms with Crippen LogP contribution in [0, 0.1) is 0 Å². The van der Waals surface area contributed by atoms with Crippen molar-refractivity contribution in [1.29, 1.82) is 0 Å². The number of hydrogen-bond donors (Lipinski definition) is 3. The molecule has 0 aliphatic heterocycles. The molecule has 1 heterocycles. The zero-order chi connectivity index (χ0) is 15.6. The van der Waals surface area contributed by atoms with E-state index >= 15 is 0 Å². The van der Waals surface area contributed by atoms with Crippen LogP contribution in [0.25, 0.3) is 0 Å². The highest BCUT2D eigenvalue weighted by Crippen LogP contribution is 2.13. The number of nitrogens with zero attached hydrogens (tertiary/aromatic N) is 1. The number of hydrogen-bond acceptors (Lipinski definition) is 5. The van der Waals surface area contributed by atoms with Crippen molar-refractivity contribution < 1.29 is 23.1 Å². The number of aromatic amines is 1. The van der Waals surface area contributed by atoms with Gasteiger partial charge in [-0.15, -0.1) is 0 Å². The first-order chi connectivity index (χ1) is 9.77. The van der Waals surface area contributed by atoms with Crippen LogP contribution in [0.2, 0.25) is 0 Å². The minimum atomic E-state index is -3.42. The summed E-state index contributed by atoms with van der Waals surface area (Å²) in [5, 5.41) is 17.0. The largest absolute Gasteiger partial charge is 0.477 e. The molecule has 0 aliphatic carbocycles. The summed E-state index contributed by atoms with van der Waals surface area (Å²) in [6.07, 6.45) is 1.04. The van der Waals surface area contributed by atoms with Gasteiger partial charge in [0.05, 0.1) is 4.90 Å². The van der Waals surface area contributed by atoms with Gasteiger partial charge in [0, 0.05) is 17.9 Å². The van der Waals surface area contributed by atoms with Crippen molar-refractivity contribution in [2.75, 3.05) is 11.6 Å². The monoisotopic (exact) mass is 309 g/mol. The Morgan fingerprint density at radius 2 is 2.00 bits per heavy atom. The summed E-state index contributed by atoms with van der Waals surface area (Å²) in [6.45, 7) is 0. The Morgan fingerprint density at radius 1 is 1.29 bits per heavy atom. The van der Waals surface area contributed by atoms with Gasteiger partial charge in [0.15, 0.2) is 15.7 Å². The van der Waals surface area contributed by atoms with E-state index in [1.165, 1.54) is 24.3 Å². The highest BCUT2D eigenvalue weighted by Gasteiger charge is 2.14. The molecule has 0 aliphatic rings. The Morgan fingerprint density at radius 3 is 2.57 bits per heavy atom. The second-order valence-electron chi connectivity index (χ2n) is 4.23. The lowest BCUT2D eigenvalue weighted by Gasteiger charge is -2.03. The molecule has 3 N–H and O–H groups in total. The van der Waals surface area contributed by atoms with E-state index in [-0.39, 0.29) is 22.0 Å². The number of carbonyl (C=O) groups is 2. The number of amides is 1. The fraction of sp³-hybridized carbons (Fsp3) is 0.0833. The highest BCUT2D eigenvalue weighted by atomic mass is 32.2. The average molecular weight is 309 g/mol. The average Bonchev–Trinajstić information content (AvgIpc) is 2.86. The van der Waals surface area contributed by atoms with Crippen LogP contribution in [0.15, 0.2) is 35.2 Å². The van der Waals surface area contributed by atoms with Gasteiger partial charge in [-0.25, -0.2) is 13.2 Å². The van der Waals surface area contributed by atoms with E-state index in [1.54, 1.807) is 0 Å². The van der Waals surface area contributed by atoms with Gasteiger partial charge < -0.3 is 10.4 Å². The van der Waals surface area contributed by atoms with Crippen LogP contribution < -0.4 is 5.32 Å². The molecule has 110 valence electrons. The van der Waals surface area contributed by atoms with Crippen molar-refractivity contribution in [2.24, 2.45) is 0 Å². The van der Waals surface area contributed by atoms with Crippen LogP contribution in [-0.2, 0) is 9.84 Å². The van der Waals surface area contributed by atoms with Crippen molar-refractivity contribution in [1.82, 2.24) is 10.2 Å². The maximum Gasteiger partial charge on any atom is 0.353 e. The smallest absolute Gasteiger partial charge is 0.353 e. The van der Waals surface area contributed by atoms with Gasteiger partial charge in [-0.05, 0) is 18.2 Å². The fourth-order valence-corrected chi connectivity index (χ4v) is 2.22. The van der Waals surface area contributed by atoms with Crippen molar-refractivity contribution >= 4 is 27.5 Å². The molecule has 1 aromatic heterocycles.